The Morgan fingerprint density at radius 1 is 1.23 bits per heavy atom. The molecule has 1 aliphatic rings. The first-order valence-corrected chi connectivity index (χ1v) is 10.2. The van der Waals surface area contributed by atoms with E-state index < -0.39 is 0 Å². The maximum absolute atomic E-state index is 12.0. The van der Waals surface area contributed by atoms with E-state index in [2.05, 4.69) is 48.7 Å². The first kappa shape index (κ1) is 20.7. The Bertz CT molecular complexity index is 590. The molecule has 0 aromatic heterocycles. The SMILES string of the molecule is CCN1CCCC1CNC(=NC)NCCCNC(=O)c1ccc(Br)cc1. The molecule has 0 radical (unpaired) electrons. The van der Waals surface area contributed by atoms with Crippen molar-refractivity contribution in [1.82, 2.24) is 20.9 Å². The van der Waals surface area contributed by atoms with Crippen molar-refractivity contribution in [2.75, 3.05) is 39.8 Å². The molecule has 1 heterocycles. The molecule has 1 aliphatic heterocycles. The highest BCUT2D eigenvalue weighted by Crippen LogP contribution is 2.15. The monoisotopic (exact) mass is 423 g/mol. The summed E-state index contributed by atoms with van der Waals surface area (Å²) in [7, 11) is 1.79. The van der Waals surface area contributed by atoms with Crippen LogP contribution in [0.2, 0.25) is 0 Å². The van der Waals surface area contributed by atoms with Crippen LogP contribution in [-0.2, 0) is 0 Å². The number of rotatable bonds is 8. The van der Waals surface area contributed by atoms with Crippen LogP contribution < -0.4 is 16.0 Å². The fraction of sp³-hybridized carbons (Fsp3) is 0.579. The van der Waals surface area contributed by atoms with Crippen molar-refractivity contribution in [3.63, 3.8) is 0 Å². The second kappa shape index (κ2) is 11.2. The Hall–Kier alpha value is -1.60. The summed E-state index contributed by atoms with van der Waals surface area (Å²) in [5.41, 5.74) is 0.677. The van der Waals surface area contributed by atoms with Crippen molar-refractivity contribution in [2.45, 2.75) is 32.2 Å². The van der Waals surface area contributed by atoms with Crippen molar-refractivity contribution in [3.05, 3.63) is 34.3 Å². The number of hydrogen-bond donors (Lipinski definition) is 3. The molecule has 7 heteroatoms. The highest BCUT2D eigenvalue weighted by atomic mass is 79.9. The van der Waals surface area contributed by atoms with Gasteiger partial charge in [-0.3, -0.25) is 14.7 Å². The molecule has 1 atom stereocenters. The van der Waals surface area contributed by atoms with Crippen LogP contribution in [0.25, 0.3) is 0 Å². The molecule has 0 aliphatic carbocycles. The Kier molecular flexibility index (Phi) is 8.91. The number of amides is 1. The molecule has 1 unspecified atom stereocenters. The fourth-order valence-corrected chi connectivity index (χ4v) is 3.44. The summed E-state index contributed by atoms with van der Waals surface area (Å²) in [5, 5.41) is 9.66. The van der Waals surface area contributed by atoms with Crippen LogP contribution in [0.1, 0.15) is 36.5 Å². The van der Waals surface area contributed by atoms with Gasteiger partial charge in [0, 0.05) is 42.8 Å². The zero-order valence-electron chi connectivity index (χ0n) is 15.7. The van der Waals surface area contributed by atoms with E-state index in [0.717, 1.165) is 36.5 Å². The van der Waals surface area contributed by atoms with Crippen molar-refractivity contribution in [2.24, 2.45) is 4.99 Å². The van der Waals surface area contributed by atoms with Crippen molar-refractivity contribution < 1.29 is 4.79 Å². The molecule has 1 aromatic rings. The van der Waals surface area contributed by atoms with E-state index in [1.807, 2.05) is 24.3 Å². The van der Waals surface area contributed by atoms with Crippen LogP contribution in [-0.4, -0.2) is 62.6 Å². The van der Waals surface area contributed by atoms with E-state index in [1.165, 1.54) is 19.4 Å². The fourth-order valence-electron chi connectivity index (χ4n) is 3.18. The quantitative estimate of drug-likeness (QED) is 0.340. The third-order valence-corrected chi connectivity index (χ3v) is 5.20. The van der Waals surface area contributed by atoms with Gasteiger partial charge in [-0.2, -0.15) is 0 Å². The molecule has 1 fully saturated rings. The van der Waals surface area contributed by atoms with Gasteiger partial charge in [0.1, 0.15) is 0 Å². The molecular formula is C19H30BrN5O. The summed E-state index contributed by atoms with van der Waals surface area (Å²) in [5.74, 6) is 0.785. The molecule has 3 N–H and O–H groups in total. The van der Waals surface area contributed by atoms with Crippen molar-refractivity contribution >= 4 is 27.8 Å². The predicted molar refractivity (Wildman–Crippen MR) is 111 cm³/mol. The topological polar surface area (TPSA) is 68.8 Å². The number of aliphatic imine (C=N–C) groups is 1. The van der Waals surface area contributed by atoms with Crippen molar-refractivity contribution in [1.29, 1.82) is 0 Å². The maximum atomic E-state index is 12.0. The van der Waals surface area contributed by atoms with E-state index in [0.29, 0.717) is 18.2 Å². The van der Waals surface area contributed by atoms with Gasteiger partial charge in [0.25, 0.3) is 5.91 Å². The summed E-state index contributed by atoms with van der Waals surface area (Å²) in [6.45, 7) is 6.85. The molecule has 1 saturated heterocycles. The lowest BCUT2D eigenvalue weighted by Gasteiger charge is -2.24. The third-order valence-electron chi connectivity index (χ3n) is 4.67. The van der Waals surface area contributed by atoms with E-state index in [9.17, 15) is 4.79 Å². The number of likely N-dealkylation sites (tertiary alicyclic amines) is 1. The zero-order chi connectivity index (χ0) is 18.8. The highest BCUT2D eigenvalue weighted by Gasteiger charge is 2.22. The molecule has 1 amide bonds. The number of likely N-dealkylation sites (N-methyl/N-ethyl adjacent to an activating group) is 1. The summed E-state index contributed by atoms with van der Waals surface area (Å²) >= 11 is 3.37. The number of carbonyl (C=O) groups is 1. The molecule has 2 rings (SSSR count). The second-order valence-corrected chi connectivity index (χ2v) is 7.34. The highest BCUT2D eigenvalue weighted by molar-refractivity contribution is 9.10. The van der Waals surface area contributed by atoms with Crippen LogP contribution >= 0.6 is 15.9 Å². The lowest BCUT2D eigenvalue weighted by atomic mass is 10.2. The molecule has 1 aromatic carbocycles. The number of nitrogens with zero attached hydrogens (tertiary/aromatic N) is 2. The van der Waals surface area contributed by atoms with E-state index in [4.69, 9.17) is 0 Å². The minimum absolute atomic E-state index is 0.0408. The predicted octanol–water partition coefficient (Wildman–Crippen LogP) is 2.22. The number of hydrogen-bond acceptors (Lipinski definition) is 3. The number of guanidine groups is 1. The van der Waals surface area contributed by atoms with Gasteiger partial charge in [0.2, 0.25) is 0 Å². The smallest absolute Gasteiger partial charge is 0.251 e. The molecule has 26 heavy (non-hydrogen) atoms. The van der Waals surface area contributed by atoms with Crippen LogP contribution in [0.5, 0.6) is 0 Å². The molecule has 144 valence electrons. The summed E-state index contributed by atoms with van der Waals surface area (Å²) in [6, 6.07) is 7.97. The average Bonchev–Trinajstić information content (AvgIpc) is 3.12. The number of halogens is 1. The molecule has 6 nitrogen and oxygen atoms in total. The average molecular weight is 424 g/mol. The van der Waals surface area contributed by atoms with Gasteiger partial charge in [-0.25, -0.2) is 0 Å². The maximum Gasteiger partial charge on any atom is 0.251 e. The molecule has 0 saturated carbocycles. The Morgan fingerprint density at radius 3 is 2.65 bits per heavy atom. The first-order valence-electron chi connectivity index (χ1n) is 9.36. The number of carbonyl (C=O) groups excluding carboxylic acids is 1. The van der Waals surface area contributed by atoms with E-state index >= 15 is 0 Å². The van der Waals surface area contributed by atoms with Gasteiger partial charge in [-0.15, -0.1) is 0 Å². The summed E-state index contributed by atoms with van der Waals surface area (Å²) in [6.07, 6.45) is 3.37. The largest absolute Gasteiger partial charge is 0.356 e. The van der Waals surface area contributed by atoms with Gasteiger partial charge in [0.15, 0.2) is 5.96 Å². The van der Waals surface area contributed by atoms with Gasteiger partial charge >= 0.3 is 0 Å². The minimum atomic E-state index is -0.0408. The molecule has 0 spiro atoms. The number of benzene rings is 1. The van der Waals surface area contributed by atoms with Gasteiger partial charge < -0.3 is 16.0 Å². The molecular weight excluding hydrogens is 394 g/mol. The molecule has 0 bridgehead atoms. The van der Waals surface area contributed by atoms with Crippen LogP contribution in [0.15, 0.2) is 33.7 Å². The Balaban J connectivity index is 1.60. The summed E-state index contributed by atoms with van der Waals surface area (Å²) < 4.78 is 0.969. The second-order valence-electron chi connectivity index (χ2n) is 6.42. The van der Waals surface area contributed by atoms with Crippen LogP contribution in [0.4, 0.5) is 0 Å². The van der Waals surface area contributed by atoms with Crippen LogP contribution in [0.3, 0.4) is 0 Å². The normalized spacial score (nSPS) is 18.0. The number of nitrogens with one attached hydrogen (secondary N) is 3. The van der Waals surface area contributed by atoms with E-state index in [-0.39, 0.29) is 5.91 Å². The standard InChI is InChI=1S/C19H30BrN5O/c1-3-25-13-4-6-17(25)14-24-19(21-2)23-12-5-11-22-18(26)15-7-9-16(20)10-8-15/h7-10,17H,3-6,11-14H2,1-2H3,(H,22,26)(H2,21,23,24). The van der Waals surface area contributed by atoms with Gasteiger partial charge in [-0.1, -0.05) is 22.9 Å². The first-order chi connectivity index (χ1) is 12.6. The minimum Gasteiger partial charge on any atom is -0.356 e. The Morgan fingerprint density at radius 2 is 1.96 bits per heavy atom. The Labute approximate surface area is 165 Å². The van der Waals surface area contributed by atoms with E-state index in [1.54, 1.807) is 7.05 Å². The van der Waals surface area contributed by atoms with Gasteiger partial charge in [0.05, 0.1) is 0 Å². The van der Waals surface area contributed by atoms with Crippen LogP contribution in [0, 0.1) is 0 Å². The lowest BCUT2D eigenvalue weighted by Crippen LogP contribution is -2.45. The third kappa shape index (κ3) is 6.61. The van der Waals surface area contributed by atoms with Crippen molar-refractivity contribution in [3.8, 4) is 0 Å². The summed E-state index contributed by atoms with van der Waals surface area (Å²) in [4.78, 5) is 18.8. The lowest BCUT2D eigenvalue weighted by molar-refractivity contribution is 0.0953. The van der Waals surface area contributed by atoms with Gasteiger partial charge in [-0.05, 0) is 56.6 Å². The zero-order valence-corrected chi connectivity index (χ0v) is 17.3.